The van der Waals surface area contributed by atoms with Gasteiger partial charge in [-0.2, -0.15) is 10.2 Å². The highest BCUT2D eigenvalue weighted by molar-refractivity contribution is 7.91. The summed E-state index contributed by atoms with van der Waals surface area (Å²) >= 11 is 0. The van der Waals surface area contributed by atoms with Crippen LogP contribution in [0.3, 0.4) is 0 Å². The van der Waals surface area contributed by atoms with Crippen molar-refractivity contribution in [2.75, 3.05) is 24.6 Å². The molecule has 0 aliphatic carbocycles. The summed E-state index contributed by atoms with van der Waals surface area (Å²) in [6, 6.07) is 0. The molecule has 0 radical (unpaired) electrons. The third-order valence-corrected chi connectivity index (χ3v) is 7.51. The molecule has 3 rings (SSSR count). The summed E-state index contributed by atoms with van der Waals surface area (Å²) in [6.07, 6.45) is 11.1. The topological polar surface area (TPSA) is 79.2 Å². The van der Waals surface area contributed by atoms with Crippen LogP contribution in [-0.4, -0.2) is 49.5 Å². The molecule has 0 aromatic heterocycles. The Bertz CT molecular complexity index is 648. The number of carbonyl (C=O) groups is 1. The van der Waals surface area contributed by atoms with Crippen LogP contribution in [0.2, 0.25) is 0 Å². The second-order valence-corrected chi connectivity index (χ2v) is 9.72. The van der Waals surface area contributed by atoms with Gasteiger partial charge in [0.1, 0.15) is 9.84 Å². The van der Waals surface area contributed by atoms with Crippen LogP contribution in [0.25, 0.3) is 0 Å². The van der Waals surface area contributed by atoms with Crippen LogP contribution in [0.15, 0.2) is 10.2 Å². The molecule has 132 valence electrons. The van der Waals surface area contributed by atoms with Crippen LogP contribution in [0.5, 0.6) is 0 Å². The standard InChI is InChI=1S/C17H25N3O3S/c1-2-3-5-17(18-19-17)6-4-15(21)20-11-7-16(8-12-20)9-13-24(22,23)14-10-16/h1H,3-14H2. The molecule has 1 spiro atoms. The number of carbonyl (C=O) groups excluding carboxylic acids is 1. The summed E-state index contributed by atoms with van der Waals surface area (Å²) in [6.45, 7) is 1.48. The van der Waals surface area contributed by atoms with Gasteiger partial charge in [-0.3, -0.25) is 4.79 Å². The number of piperidine rings is 1. The first-order valence-corrected chi connectivity index (χ1v) is 10.6. The van der Waals surface area contributed by atoms with Crippen molar-refractivity contribution in [3.8, 4) is 12.3 Å². The minimum atomic E-state index is -2.83. The molecule has 3 aliphatic rings. The van der Waals surface area contributed by atoms with Gasteiger partial charge < -0.3 is 4.90 Å². The van der Waals surface area contributed by atoms with Gasteiger partial charge in [0.15, 0.2) is 5.66 Å². The van der Waals surface area contributed by atoms with Crippen LogP contribution in [0.4, 0.5) is 0 Å². The van der Waals surface area contributed by atoms with Gasteiger partial charge in [0.25, 0.3) is 0 Å². The Morgan fingerprint density at radius 3 is 2.25 bits per heavy atom. The molecular weight excluding hydrogens is 326 g/mol. The third-order valence-electron chi connectivity index (χ3n) is 5.86. The molecule has 2 fully saturated rings. The lowest BCUT2D eigenvalue weighted by molar-refractivity contribution is -0.134. The molecule has 0 bridgehead atoms. The lowest BCUT2D eigenvalue weighted by Crippen LogP contribution is -2.46. The quantitative estimate of drug-likeness (QED) is 0.712. The summed E-state index contributed by atoms with van der Waals surface area (Å²) in [5, 5.41) is 8.14. The number of rotatable bonds is 5. The van der Waals surface area contributed by atoms with Gasteiger partial charge in [-0.05, 0) is 31.1 Å². The number of hydrogen-bond acceptors (Lipinski definition) is 5. The fourth-order valence-corrected chi connectivity index (χ4v) is 5.53. The van der Waals surface area contributed by atoms with Crippen LogP contribution >= 0.6 is 0 Å². The normalized spacial score (nSPS) is 26.0. The zero-order valence-electron chi connectivity index (χ0n) is 14.0. The van der Waals surface area contributed by atoms with E-state index in [0.29, 0.717) is 30.8 Å². The Labute approximate surface area is 144 Å². The summed E-state index contributed by atoms with van der Waals surface area (Å²) < 4.78 is 23.2. The van der Waals surface area contributed by atoms with Crippen molar-refractivity contribution >= 4 is 15.7 Å². The lowest BCUT2D eigenvalue weighted by Gasteiger charge is -2.44. The van der Waals surface area contributed by atoms with Crippen LogP contribution in [0.1, 0.15) is 51.4 Å². The van der Waals surface area contributed by atoms with E-state index in [9.17, 15) is 13.2 Å². The first-order chi connectivity index (χ1) is 11.4. The van der Waals surface area contributed by atoms with Crippen LogP contribution in [-0.2, 0) is 14.6 Å². The van der Waals surface area contributed by atoms with Crippen molar-refractivity contribution in [3.05, 3.63) is 0 Å². The second kappa shape index (κ2) is 6.47. The molecule has 0 aromatic rings. The lowest BCUT2D eigenvalue weighted by atomic mass is 9.74. The van der Waals surface area contributed by atoms with Gasteiger partial charge in [0.05, 0.1) is 11.5 Å². The molecule has 0 unspecified atom stereocenters. The summed E-state index contributed by atoms with van der Waals surface area (Å²) in [4.78, 5) is 14.3. The molecule has 6 nitrogen and oxygen atoms in total. The van der Waals surface area contributed by atoms with E-state index in [0.717, 1.165) is 45.2 Å². The molecule has 0 saturated carbocycles. The Kier molecular flexibility index (Phi) is 4.69. The molecule has 0 aromatic carbocycles. The number of nitrogens with zero attached hydrogens (tertiary/aromatic N) is 3. The largest absolute Gasteiger partial charge is 0.343 e. The van der Waals surface area contributed by atoms with E-state index in [4.69, 9.17) is 6.42 Å². The number of amides is 1. The van der Waals surface area contributed by atoms with Gasteiger partial charge >= 0.3 is 0 Å². The summed E-state index contributed by atoms with van der Waals surface area (Å²) in [5.74, 6) is 3.37. The summed E-state index contributed by atoms with van der Waals surface area (Å²) in [5.41, 5.74) is -0.256. The van der Waals surface area contributed by atoms with E-state index < -0.39 is 15.5 Å². The summed E-state index contributed by atoms with van der Waals surface area (Å²) in [7, 11) is -2.83. The van der Waals surface area contributed by atoms with Crippen molar-refractivity contribution in [3.63, 3.8) is 0 Å². The predicted octanol–water partition coefficient (Wildman–Crippen LogP) is 2.16. The minimum Gasteiger partial charge on any atom is -0.343 e. The van der Waals surface area contributed by atoms with E-state index in [1.165, 1.54) is 0 Å². The minimum absolute atomic E-state index is 0.136. The number of sulfone groups is 1. The maximum atomic E-state index is 12.4. The van der Waals surface area contributed by atoms with Gasteiger partial charge in [-0.25, -0.2) is 8.42 Å². The Hall–Kier alpha value is -1.42. The number of hydrogen-bond donors (Lipinski definition) is 0. The molecule has 7 heteroatoms. The van der Waals surface area contributed by atoms with Gasteiger partial charge in [-0.15, -0.1) is 12.3 Å². The van der Waals surface area contributed by atoms with Crippen LogP contribution < -0.4 is 0 Å². The van der Waals surface area contributed by atoms with Crippen LogP contribution in [0, 0.1) is 17.8 Å². The average Bonchev–Trinajstić information content (AvgIpc) is 3.35. The molecule has 1 amide bonds. The van der Waals surface area contributed by atoms with Gasteiger partial charge in [0.2, 0.25) is 5.91 Å². The van der Waals surface area contributed by atoms with E-state index >= 15 is 0 Å². The monoisotopic (exact) mass is 351 g/mol. The molecule has 3 heterocycles. The van der Waals surface area contributed by atoms with E-state index in [1.54, 1.807) is 0 Å². The third kappa shape index (κ3) is 3.97. The molecule has 24 heavy (non-hydrogen) atoms. The van der Waals surface area contributed by atoms with E-state index in [1.807, 2.05) is 4.90 Å². The molecule has 0 atom stereocenters. The number of likely N-dealkylation sites (tertiary alicyclic amines) is 1. The fourth-order valence-electron chi connectivity index (χ4n) is 3.83. The zero-order chi connectivity index (χ0) is 17.3. The van der Waals surface area contributed by atoms with Crippen molar-refractivity contribution < 1.29 is 13.2 Å². The maximum absolute atomic E-state index is 12.4. The molecule has 3 aliphatic heterocycles. The highest BCUT2D eigenvalue weighted by atomic mass is 32.2. The highest BCUT2D eigenvalue weighted by Gasteiger charge is 2.42. The average molecular weight is 351 g/mol. The zero-order valence-corrected chi connectivity index (χ0v) is 14.9. The Morgan fingerprint density at radius 2 is 1.71 bits per heavy atom. The Morgan fingerprint density at radius 1 is 1.08 bits per heavy atom. The number of terminal acetylenes is 1. The first-order valence-electron chi connectivity index (χ1n) is 8.74. The van der Waals surface area contributed by atoms with Gasteiger partial charge in [-0.1, -0.05) is 0 Å². The van der Waals surface area contributed by atoms with Crippen molar-refractivity contribution in [2.24, 2.45) is 15.6 Å². The maximum Gasteiger partial charge on any atom is 0.222 e. The smallest absolute Gasteiger partial charge is 0.222 e. The Balaban J connectivity index is 1.43. The van der Waals surface area contributed by atoms with E-state index in [-0.39, 0.29) is 11.3 Å². The fraction of sp³-hybridized carbons (Fsp3) is 0.824. The molecule has 0 N–H and O–H groups in total. The first kappa shape index (κ1) is 17.4. The van der Waals surface area contributed by atoms with Crippen molar-refractivity contribution in [1.82, 2.24) is 4.90 Å². The van der Waals surface area contributed by atoms with Crippen molar-refractivity contribution in [2.45, 2.75) is 57.0 Å². The molecular formula is C17H25N3O3S. The molecule has 2 saturated heterocycles. The van der Waals surface area contributed by atoms with Crippen molar-refractivity contribution in [1.29, 1.82) is 0 Å². The highest BCUT2D eigenvalue weighted by Crippen LogP contribution is 2.42. The van der Waals surface area contributed by atoms with Gasteiger partial charge in [0, 0.05) is 38.8 Å². The second-order valence-electron chi connectivity index (χ2n) is 7.42. The SMILES string of the molecule is C#CCCC1(CCC(=O)N2CCC3(CC2)CCS(=O)(=O)CC3)N=N1. The predicted molar refractivity (Wildman–Crippen MR) is 91.0 cm³/mol. The van der Waals surface area contributed by atoms with E-state index in [2.05, 4.69) is 16.1 Å².